The van der Waals surface area contributed by atoms with Gasteiger partial charge in [0.1, 0.15) is 17.8 Å². The summed E-state index contributed by atoms with van der Waals surface area (Å²) in [6.45, 7) is 12.8. The number of aromatic nitrogens is 4. The minimum absolute atomic E-state index is 0.0600. The first-order valence-electron chi connectivity index (χ1n) is 12.7. The van der Waals surface area contributed by atoms with E-state index in [0.29, 0.717) is 56.2 Å². The van der Waals surface area contributed by atoms with Gasteiger partial charge in [0.15, 0.2) is 0 Å². The SMILES string of the molecule is [2H]C(Nc1cc(C#N)c2ncc(C#N)c(NCC(C)(C)C)c2c1)(c1cn(C(C)(C)C)nn1)c1ccccc1Cl. The predicted molar refractivity (Wildman–Crippen MR) is 151 cm³/mol. The minimum Gasteiger partial charge on any atom is -0.383 e. The number of halogens is 1. The molecule has 0 fully saturated rings. The Kier molecular flexibility index (Phi) is 6.93. The smallest absolute Gasteiger partial charge is 0.110 e. The Morgan fingerprint density at radius 3 is 2.39 bits per heavy atom. The molecule has 38 heavy (non-hydrogen) atoms. The lowest BCUT2D eigenvalue weighted by atomic mass is 9.96. The summed E-state index contributed by atoms with van der Waals surface area (Å²) in [7, 11) is 0. The van der Waals surface area contributed by atoms with Crippen LogP contribution in [0, 0.1) is 28.1 Å². The second kappa shape index (κ2) is 10.3. The average Bonchev–Trinajstić information content (AvgIpc) is 3.38. The topological polar surface area (TPSA) is 115 Å². The number of pyridine rings is 1. The Balaban J connectivity index is 1.93. The van der Waals surface area contributed by atoms with E-state index >= 15 is 0 Å². The van der Waals surface area contributed by atoms with Gasteiger partial charge in [-0.05, 0) is 49.9 Å². The van der Waals surface area contributed by atoms with Gasteiger partial charge in [-0.25, -0.2) is 4.68 Å². The van der Waals surface area contributed by atoms with E-state index in [-0.39, 0.29) is 11.0 Å². The van der Waals surface area contributed by atoms with Gasteiger partial charge in [0.05, 0.1) is 41.5 Å². The highest BCUT2D eigenvalue weighted by atomic mass is 35.5. The summed E-state index contributed by atoms with van der Waals surface area (Å²) in [5.74, 6) is 0. The summed E-state index contributed by atoms with van der Waals surface area (Å²) >= 11 is 6.60. The van der Waals surface area contributed by atoms with Crippen molar-refractivity contribution in [3.05, 3.63) is 76.2 Å². The first-order valence-corrected chi connectivity index (χ1v) is 12.6. The molecule has 4 aromatic rings. The Morgan fingerprint density at radius 1 is 1.08 bits per heavy atom. The van der Waals surface area contributed by atoms with Crippen molar-refractivity contribution in [2.24, 2.45) is 5.41 Å². The number of hydrogen-bond acceptors (Lipinski definition) is 7. The van der Waals surface area contributed by atoms with Crippen LogP contribution in [0.3, 0.4) is 0 Å². The Hall–Kier alpha value is -4.14. The summed E-state index contributed by atoms with van der Waals surface area (Å²) in [5.41, 5.74) is 2.58. The van der Waals surface area contributed by atoms with Gasteiger partial charge < -0.3 is 10.6 Å². The lowest BCUT2D eigenvalue weighted by Crippen LogP contribution is -2.22. The van der Waals surface area contributed by atoms with Crippen molar-refractivity contribution in [1.29, 1.82) is 10.5 Å². The maximum absolute atomic E-state index is 10.0. The molecule has 0 saturated heterocycles. The van der Waals surface area contributed by atoms with Gasteiger partial charge in [-0.15, -0.1) is 5.10 Å². The fraction of sp³-hybridized carbons (Fsp3) is 0.345. The van der Waals surface area contributed by atoms with Crippen molar-refractivity contribution in [1.82, 2.24) is 20.0 Å². The van der Waals surface area contributed by atoms with E-state index in [1.165, 1.54) is 6.20 Å². The number of anilines is 2. The number of rotatable bonds is 6. The average molecular weight is 528 g/mol. The van der Waals surface area contributed by atoms with Gasteiger partial charge in [0, 0.05) is 28.8 Å². The molecule has 0 amide bonds. The molecule has 0 saturated carbocycles. The third kappa shape index (κ3) is 5.72. The van der Waals surface area contributed by atoms with Crippen LogP contribution in [0.1, 0.15) is 71.3 Å². The third-order valence-electron chi connectivity index (χ3n) is 5.86. The van der Waals surface area contributed by atoms with Crippen molar-refractivity contribution in [2.75, 3.05) is 17.2 Å². The second-order valence-corrected chi connectivity index (χ2v) is 11.7. The summed E-state index contributed by atoms with van der Waals surface area (Å²) in [5, 5.41) is 36.1. The molecule has 0 aliphatic heterocycles. The summed E-state index contributed by atoms with van der Waals surface area (Å²) in [4.78, 5) is 4.42. The van der Waals surface area contributed by atoms with Gasteiger partial charge in [-0.2, -0.15) is 10.5 Å². The molecule has 8 nitrogen and oxygen atoms in total. The quantitative estimate of drug-likeness (QED) is 0.289. The van der Waals surface area contributed by atoms with Crippen LogP contribution in [0.2, 0.25) is 5.02 Å². The van der Waals surface area contributed by atoms with Crippen molar-refractivity contribution >= 4 is 33.9 Å². The van der Waals surface area contributed by atoms with Crippen LogP contribution in [0.25, 0.3) is 10.9 Å². The molecular formula is C29H31ClN8. The lowest BCUT2D eigenvalue weighted by molar-refractivity contribution is 0.347. The number of nitrogens with one attached hydrogen (secondary N) is 2. The molecule has 0 bridgehead atoms. The van der Waals surface area contributed by atoms with Crippen molar-refractivity contribution in [3.8, 4) is 12.1 Å². The number of nitrogens with zero attached hydrogens (tertiary/aromatic N) is 6. The Morgan fingerprint density at radius 2 is 1.79 bits per heavy atom. The van der Waals surface area contributed by atoms with Crippen LogP contribution in [-0.4, -0.2) is 26.5 Å². The van der Waals surface area contributed by atoms with Crippen LogP contribution >= 0.6 is 11.6 Å². The highest BCUT2D eigenvalue weighted by Gasteiger charge is 2.24. The van der Waals surface area contributed by atoms with E-state index in [0.717, 1.165) is 0 Å². The molecule has 9 heteroatoms. The lowest BCUT2D eigenvalue weighted by Gasteiger charge is -2.23. The molecule has 0 aliphatic carbocycles. The molecule has 194 valence electrons. The van der Waals surface area contributed by atoms with E-state index < -0.39 is 6.02 Å². The molecule has 2 aromatic carbocycles. The third-order valence-corrected chi connectivity index (χ3v) is 6.19. The first-order chi connectivity index (χ1) is 18.3. The van der Waals surface area contributed by atoms with Gasteiger partial charge in [0.25, 0.3) is 0 Å². The normalized spacial score (nSPS) is 13.8. The van der Waals surface area contributed by atoms with Gasteiger partial charge in [-0.1, -0.05) is 55.8 Å². The molecule has 1 unspecified atom stereocenters. The van der Waals surface area contributed by atoms with E-state index in [1.54, 1.807) is 47.3 Å². The number of nitriles is 2. The van der Waals surface area contributed by atoms with Crippen LogP contribution in [-0.2, 0) is 5.54 Å². The highest BCUT2D eigenvalue weighted by molar-refractivity contribution is 6.31. The van der Waals surface area contributed by atoms with E-state index in [1.807, 2.05) is 20.8 Å². The first kappa shape index (κ1) is 25.5. The molecular weight excluding hydrogens is 496 g/mol. The van der Waals surface area contributed by atoms with Crippen molar-refractivity contribution in [2.45, 2.75) is 53.1 Å². The zero-order valence-electron chi connectivity index (χ0n) is 23.4. The molecule has 2 aromatic heterocycles. The molecule has 2 N–H and O–H groups in total. The van der Waals surface area contributed by atoms with Crippen molar-refractivity contribution < 1.29 is 1.37 Å². The summed E-state index contributed by atoms with van der Waals surface area (Å²) in [6.07, 6.45) is 3.20. The largest absolute Gasteiger partial charge is 0.383 e. The monoisotopic (exact) mass is 527 g/mol. The van der Waals surface area contributed by atoms with E-state index in [4.69, 9.17) is 11.6 Å². The van der Waals surface area contributed by atoms with E-state index in [9.17, 15) is 11.9 Å². The fourth-order valence-electron chi connectivity index (χ4n) is 3.87. The maximum atomic E-state index is 10.0. The minimum atomic E-state index is -1.65. The Bertz CT molecular complexity index is 1620. The summed E-state index contributed by atoms with van der Waals surface area (Å²) in [6, 6.07) is 13.3. The van der Waals surface area contributed by atoms with Gasteiger partial charge in [-0.3, -0.25) is 4.98 Å². The van der Waals surface area contributed by atoms with Crippen molar-refractivity contribution in [3.63, 3.8) is 0 Å². The van der Waals surface area contributed by atoms with Crippen LogP contribution in [0.4, 0.5) is 11.4 Å². The predicted octanol–water partition coefficient (Wildman–Crippen LogP) is 6.64. The molecule has 0 aliphatic rings. The molecule has 1 atom stereocenters. The van der Waals surface area contributed by atoms with E-state index in [2.05, 4.69) is 58.8 Å². The standard InChI is InChI=1S/C29H31ClN8/c1-28(2,3)17-34-26-19(14-32)15-33-25-18(13-31)11-20(12-22(25)26)35-27(21-9-7-8-10-23(21)30)24-16-38(37-36-24)29(4,5)6/h7-12,15-16,27,35H,17H2,1-6H3,(H,33,34)/i27D. The maximum Gasteiger partial charge on any atom is 0.110 e. The van der Waals surface area contributed by atoms with Gasteiger partial charge in [0.2, 0.25) is 0 Å². The zero-order valence-corrected chi connectivity index (χ0v) is 23.1. The van der Waals surface area contributed by atoms with Gasteiger partial charge >= 0.3 is 0 Å². The molecule has 4 rings (SSSR count). The highest BCUT2D eigenvalue weighted by Crippen LogP contribution is 2.35. The van der Waals surface area contributed by atoms with Crippen LogP contribution in [0.15, 0.2) is 48.8 Å². The van der Waals surface area contributed by atoms with Crippen LogP contribution in [0.5, 0.6) is 0 Å². The molecule has 0 spiro atoms. The zero-order chi connectivity index (χ0) is 28.6. The Labute approximate surface area is 229 Å². The fourth-order valence-corrected chi connectivity index (χ4v) is 4.10. The number of hydrogen-bond donors (Lipinski definition) is 2. The number of benzene rings is 2. The summed E-state index contributed by atoms with van der Waals surface area (Å²) < 4.78 is 11.3. The number of fused-ring (bicyclic) bond motifs is 1. The van der Waals surface area contributed by atoms with Crippen LogP contribution < -0.4 is 10.6 Å². The molecule has 0 radical (unpaired) electrons. The second-order valence-electron chi connectivity index (χ2n) is 11.3. The molecule has 2 heterocycles.